The first-order valence-electron chi connectivity index (χ1n) is 5.43. The van der Waals surface area contributed by atoms with E-state index in [1.54, 1.807) is 13.2 Å². The predicted octanol–water partition coefficient (Wildman–Crippen LogP) is 2.56. The molecule has 0 fully saturated rings. The summed E-state index contributed by atoms with van der Waals surface area (Å²) in [6, 6.07) is 7.75. The maximum absolute atomic E-state index is 10.2. The second kappa shape index (κ2) is 4.95. The molecule has 4 nitrogen and oxygen atoms in total. The number of aliphatic imine (C=N–C) groups is 1. The Morgan fingerprint density at radius 3 is 2.94 bits per heavy atom. The molecule has 0 amide bonds. The first-order valence-corrected chi connectivity index (χ1v) is 5.43. The van der Waals surface area contributed by atoms with Gasteiger partial charge in [0.25, 0.3) is 0 Å². The molecule has 0 saturated heterocycles. The van der Waals surface area contributed by atoms with E-state index >= 15 is 0 Å². The number of isocyanates is 1. The number of methoxy groups -OCH3 is 1. The number of ether oxygens (including phenoxy) is 1. The van der Waals surface area contributed by atoms with E-state index in [9.17, 15) is 4.79 Å². The number of fused-ring (bicyclic) bond motifs is 1. The van der Waals surface area contributed by atoms with Crippen LogP contribution in [-0.2, 0) is 16.1 Å². The lowest BCUT2D eigenvalue weighted by molar-refractivity contribution is 0.188. The van der Waals surface area contributed by atoms with E-state index in [0.717, 1.165) is 17.4 Å². The number of nitrogens with zero attached hydrogens (tertiary/aromatic N) is 2. The fourth-order valence-electron chi connectivity index (χ4n) is 2.00. The molecule has 2 rings (SSSR count). The predicted molar refractivity (Wildman–Crippen MR) is 66.3 cm³/mol. The van der Waals surface area contributed by atoms with Crippen molar-refractivity contribution in [2.45, 2.75) is 13.5 Å². The Balaban J connectivity index is 2.48. The molecule has 17 heavy (non-hydrogen) atoms. The van der Waals surface area contributed by atoms with E-state index in [0.29, 0.717) is 12.3 Å². The largest absolute Gasteiger partial charge is 0.383 e. The lowest BCUT2D eigenvalue weighted by Gasteiger charge is -2.07. The molecule has 0 atom stereocenters. The Morgan fingerprint density at radius 1 is 1.41 bits per heavy atom. The molecule has 0 unspecified atom stereocenters. The van der Waals surface area contributed by atoms with Gasteiger partial charge in [0.2, 0.25) is 6.08 Å². The molecule has 0 N–H and O–H groups in total. The number of hydrogen-bond acceptors (Lipinski definition) is 3. The third kappa shape index (κ3) is 2.28. The van der Waals surface area contributed by atoms with Crippen LogP contribution in [0.3, 0.4) is 0 Å². The van der Waals surface area contributed by atoms with Crippen molar-refractivity contribution in [3.8, 4) is 0 Å². The van der Waals surface area contributed by atoms with Crippen molar-refractivity contribution in [3.05, 3.63) is 30.0 Å². The van der Waals surface area contributed by atoms with Gasteiger partial charge in [-0.3, -0.25) is 0 Å². The van der Waals surface area contributed by atoms with Crippen LogP contribution >= 0.6 is 0 Å². The highest BCUT2D eigenvalue weighted by Gasteiger charge is 2.05. The normalized spacial score (nSPS) is 10.5. The molecule has 2 aromatic rings. The maximum Gasteiger partial charge on any atom is 0.240 e. The molecular weight excluding hydrogens is 216 g/mol. The minimum atomic E-state index is 0.636. The van der Waals surface area contributed by atoms with Crippen molar-refractivity contribution >= 4 is 22.7 Å². The van der Waals surface area contributed by atoms with Gasteiger partial charge in [0.05, 0.1) is 12.3 Å². The molecule has 1 heterocycles. The molecule has 88 valence electrons. The zero-order valence-corrected chi connectivity index (χ0v) is 9.93. The number of hydrogen-bond donors (Lipinski definition) is 0. The Kier molecular flexibility index (Phi) is 3.38. The summed E-state index contributed by atoms with van der Waals surface area (Å²) in [5, 5.41) is 1.08. The van der Waals surface area contributed by atoms with Gasteiger partial charge >= 0.3 is 0 Å². The van der Waals surface area contributed by atoms with E-state index in [1.165, 1.54) is 5.69 Å². The van der Waals surface area contributed by atoms with Crippen molar-refractivity contribution < 1.29 is 9.53 Å². The summed E-state index contributed by atoms with van der Waals surface area (Å²) in [4.78, 5) is 13.8. The van der Waals surface area contributed by atoms with Crippen LogP contribution in [0, 0.1) is 6.92 Å². The molecule has 1 aromatic carbocycles. The summed E-state index contributed by atoms with van der Waals surface area (Å²) in [7, 11) is 1.69. The summed E-state index contributed by atoms with van der Waals surface area (Å²) >= 11 is 0. The van der Waals surface area contributed by atoms with Gasteiger partial charge in [-0.05, 0) is 31.2 Å². The number of benzene rings is 1. The van der Waals surface area contributed by atoms with Crippen molar-refractivity contribution in [2.24, 2.45) is 4.99 Å². The first kappa shape index (κ1) is 11.6. The molecule has 4 heteroatoms. The van der Waals surface area contributed by atoms with Crippen LogP contribution in [0.1, 0.15) is 5.69 Å². The summed E-state index contributed by atoms with van der Waals surface area (Å²) in [5.41, 5.74) is 2.94. The van der Waals surface area contributed by atoms with Gasteiger partial charge in [-0.15, -0.1) is 0 Å². The highest BCUT2D eigenvalue weighted by Crippen LogP contribution is 2.24. The third-order valence-electron chi connectivity index (χ3n) is 2.79. The average molecular weight is 230 g/mol. The van der Waals surface area contributed by atoms with E-state index in [4.69, 9.17) is 4.74 Å². The van der Waals surface area contributed by atoms with E-state index in [2.05, 4.69) is 22.5 Å². The summed E-state index contributed by atoms with van der Waals surface area (Å²) in [6.07, 6.45) is 1.55. The Bertz CT molecular complexity index is 580. The van der Waals surface area contributed by atoms with Crippen LogP contribution in [-0.4, -0.2) is 24.4 Å². The Morgan fingerprint density at radius 2 is 2.24 bits per heavy atom. The SMILES string of the molecule is COCCn1c(C)cc2cc(N=C=O)ccc21. The second-order valence-electron chi connectivity index (χ2n) is 3.88. The third-order valence-corrected chi connectivity index (χ3v) is 2.79. The van der Waals surface area contributed by atoms with Crippen molar-refractivity contribution in [1.29, 1.82) is 0 Å². The summed E-state index contributed by atoms with van der Waals surface area (Å²) < 4.78 is 7.28. The van der Waals surface area contributed by atoms with Gasteiger partial charge < -0.3 is 9.30 Å². The second-order valence-corrected chi connectivity index (χ2v) is 3.88. The summed E-state index contributed by atoms with van der Waals surface area (Å²) in [5.74, 6) is 0. The van der Waals surface area contributed by atoms with Crippen LogP contribution in [0.2, 0.25) is 0 Å². The maximum atomic E-state index is 10.2. The minimum absolute atomic E-state index is 0.636. The van der Waals surface area contributed by atoms with Gasteiger partial charge in [-0.1, -0.05) is 0 Å². The molecule has 0 aliphatic rings. The highest BCUT2D eigenvalue weighted by atomic mass is 16.5. The zero-order valence-electron chi connectivity index (χ0n) is 9.93. The number of aryl methyl sites for hydroxylation is 1. The molecule has 0 saturated carbocycles. The fraction of sp³-hybridized carbons (Fsp3) is 0.308. The monoisotopic (exact) mass is 230 g/mol. The zero-order chi connectivity index (χ0) is 12.3. The van der Waals surface area contributed by atoms with Crippen molar-refractivity contribution in [2.75, 3.05) is 13.7 Å². The Hall–Kier alpha value is -1.90. The van der Waals surface area contributed by atoms with E-state index in [1.807, 2.05) is 18.2 Å². The van der Waals surface area contributed by atoms with Crippen molar-refractivity contribution in [3.63, 3.8) is 0 Å². The smallest absolute Gasteiger partial charge is 0.240 e. The van der Waals surface area contributed by atoms with Crippen LogP contribution in [0.15, 0.2) is 29.3 Å². The van der Waals surface area contributed by atoms with Gasteiger partial charge in [0, 0.05) is 30.3 Å². The first-order chi connectivity index (χ1) is 8.26. The molecule has 0 radical (unpaired) electrons. The lowest BCUT2D eigenvalue weighted by Crippen LogP contribution is -2.05. The number of carbonyl (C=O) groups excluding carboxylic acids is 1. The Labute approximate surface area is 99.5 Å². The van der Waals surface area contributed by atoms with E-state index in [-0.39, 0.29) is 0 Å². The van der Waals surface area contributed by atoms with Crippen LogP contribution in [0.25, 0.3) is 10.9 Å². The fourth-order valence-corrected chi connectivity index (χ4v) is 2.00. The van der Waals surface area contributed by atoms with Gasteiger partial charge in [-0.25, -0.2) is 4.79 Å². The van der Waals surface area contributed by atoms with Crippen LogP contribution in [0.5, 0.6) is 0 Å². The van der Waals surface area contributed by atoms with Crippen molar-refractivity contribution in [1.82, 2.24) is 4.57 Å². The number of aromatic nitrogens is 1. The molecule has 0 aliphatic carbocycles. The minimum Gasteiger partial charge on any atom is -0.383 e. The highest BCUT2D eigenvalue weighted by molar-refractivity contribution is 5.84. The molecule has 0 aliphatic heterocycles. The molecule has 0 bridgehead atoms. The van der Waals surface area contributed by atoms with Gasteiger partial charge in [0.15, 0.2) is 0 Å². The molecule has 1 aromatic heterocycles. The average Bonchev–Trinajstić information content (AvgIpc) is 2.62. The lowest BCUT2D eigenvalue weighted by atomic mass is 10.2. The quantitative estimate of drug-likeness (QED) is 0.598. The topological polar surface area (TPSA) is 43.6 Å². The van der Waals surface area contributed by atoms with E-state index < -0.39 is 0 Å². The van der Waals surface area contributed by atoms with Crippen LogP contribution in [0.4, 0.5) is 5.69 Å². The van der Waals surface area contributed by atoms with Gasteiger partial charge in [0.1, 0.15) is 0 Å². The molecule has 0 spiro atoms. The standard InChI is InChI=1S/C13H14N2O2/c1-10-7-11-8-12(14-9-16)3-4-13(11)15(10)5-6-17-2/h3-4,7-8H,5-6H2,1-2H3. The van der Waals surface area contributed by atoms with Crippen LogP contribution < -0.4 is 0 Å². The number of rotatable bonds is 4. The van der Waals surface area contributed by atoms with Gasteiger partial charge in [-0.2, -0.15) is 4.99 Å². The summed E-state index contributed by atoms with van der Waals surface area (Å²) in [6.45, 7) is 3.55. The molecular formula is C13H14N2O2.